The van der Waals surface area contributed by atoms with Gasteiger partial charge in [0.15, 0.2) is 11.5 Å². The van der Waals surface area contributed by atoms with Crippen LogP contribution in [0.1, 0.15) is 6.92 Å². The van der Waals surface area contributed by atoms with Gasteiger partial charge < -0.3 is 15.2 Å². The van der Waals surface area contributed by atoms with Gasteiger partial charge in [-0.15, -0.1) is 11.3 Å². The minimum atomic E-state index is -3.65. The Morgan fingerprint density at radius 3 is 2.62 bits per heavy atom. The maximum absolute atomic E-state index is 12.2. The van der Waals surface area contributed by atoms with Gasteiger partial charge in [0.2, 0.25) is 0 Å². The Kier molecular flexibility index (Phi) is 4.59. The molecule has 1 aromatic heterocycles. The zero-order valence-electron chi connectivity index (χ0n) is 11.6. The van der Waals surface area contributed by atoms with Crippen molar-refractivity contribution in [2.45, 2.75) is 11.1 Å². The molecular weight excluding hydrogens is 312 g/mol. The Hall–Kier alpha value is -1.93. The van der Waals surface area contributed by atoms with Crippen LogP contribution in [0, 0.1) is 0 Å². The lowest BCUT2D eigenvalue weighted by Crippen LogP contribution is -2.11. The zero-order valence-corrected chi connectivity index (χ0v) is 13.3. The van der Waals surface area contributed by atoms with Crippen molar-refractivity contribution in [1.29, 1.82) is 0 Å². The standard InChI is InChI=1S/C13H16N2O4S2/c1-3-19-11-5-4-10(7-12(11)18-2)15-21(16,17)13-6-9(14)8-20-13/h4-8,15H,3,14H2,1-2H3. The monoisotopic (exact) mass is 328 g/mol. The van der Waals surface area contributed by atoms with Crippen LogP contribution >= 0.6 is 11.3 Å². The fourth-order valence-corrected chi connectivity index (χ4v) is 3.81. The van der Waals surface area contributed by atoms with Crippen LogP contribution in [-0.2, 0) is 10.0 Å². The van der Waals surface area contributed by atoms with Crippen molar-refractivity contribution >= 4 is 32.7 Å². The lowest BCUT2D eigenvalue weighted by Gasteiger charge is -2.12. The summed E-state index contributed by atoms with van der Waals surface area (Å²) >= 11 is 1.07. The first-order valence-electron chi connectivity index (χ1n) is 6.14. The van der Waals surface area contributed by atoms with E-state index in [1.807, 2.05) is 6.92 Å². The maximum Gasteiger partial charge on any atom is 0.271 e. The summed E-state index contributed by atoms with van der Waals surface area (Å²) in [6.07, 6.45) is 0. The normalized spacial score (nSPS) is 11.1. The van der Waals surface area contributed by atoms with Crippen molar-refractivity contribution < 1.29 is 17.9 Å². The molecule has 0 unspecified atom stereocenters. The molecule has 6 nitrogen and oxygen atoms in total. The second kappa shape index (κ2) is 6.23. The summed E-state index contributed by atoms with van der Waals surface area (Å²) in [5, 5.41) is 1.58. The Morgan fingerprint density at radius 1 is 1.29 bits per heavy atom. The fourth-order valence-electron chi connectivity index (χ4n) is 1.68. The van der Waals surface area contributed by atoms with E-state index in [4.69, 9.17) is 15.2 Å². The number of hydrogen-bond acceptors (Lipinski definition) is 6. The predicted octanol–water partition coefficient (Wildman–Crippen LogP) is 2.54. The van der Waals surface area contributed by atoms with E-state index in [0.29, 0.717) is 29.5 Å². The van der Waals surface area contributed by atoms with Gasteiger partial charge in [0, 0.05) is 17.1 Å². The SMILES string of the molecule is CCOc1ccc(NS(=O)(=O)c2cc(N)cs2)cc1OC. The van der Waals surface area contributed by atoms with Crippen molar-refractivity contribution in [2.75, 3.05) is 24.2 Å². The highest BCUT2D eigenvalue weighted by Crippen LogP contribution is 2.32. The summed E-state index contributed by atoms with van der Waals surface area (Å²) in [5.74, 6) is 1.02. The minimum absolute atomic E-state index is 0.160. The second-order valence-electron chi connectivity index (χ2n) is 4.10. The molecule has 2 aromatic rings. The Labute approximate surface area is 127 Å². The number of hydrogen-bond donors (Lipinski definition) is 2. The van der Waals surface area contributed by atoms with Crippen LogP contribution < -0.4 is 19.9 Å². The van der Waals surface area contributed by atoms with Gasteiger partial charge in [-0.05, 0) is 25.1 Å². The number of thiophene rings is 1. The molecule has 0 spiro atoms. The van der Waals surface area contributed by atoms with E-state index >= 15 is 0 Å². The summed E-state index contributed by atoms with van der Waals surface area (Å²) in [6, 6.07) is 6.25. The average Bonchev–Trinajstić information content (AvgIpc) is 2.88. The number of methoxy groups -OCH3 is 1. The molecule has 8 heteroatoms. The molecule has 2 rings (SSSR count). The fraction of sp³-hybridized carbons (Fsp3) is 0.231. The smallest absolute Gasteiger partial charge is 0.271 e. The first kappa shape index (κ1) is 15.5. The Bertz CT molecular complexity index is 726. The van der Waals surface area contributed by atoms with Crippen LogP contribution in [-0.4, -0.2) is 22.1 Å². The number of nitrogens with one attached hydrogen (secondary N) is 1. The molecule has 0 amide bonds. The number of nitrogens with two attached hydrogens (primary N) is 1. The molecular formula is C13H16N2O4S2. The Balaban J connectivity index is 2.27. The topological polar surface area (TPSA) is 90.7 Å². The van der Waals surface area contributed by atoms with E-state index in [1.54, 1.807) is 23.6 Å². The van der Waals surface area contributed by atoms with E-state index in [-0.39, 0.29) is 4.21 Å². The number of sulfonamides is 1. The summed E-state index contributed by atoms with van der Waals surface area (Å²) in [7, 11) is -2.15. The molecule has 1 aromatic carbocycles. The lowest BCUT2D eigenvalue weighted by atomic mass is 10.3. The molecule has 0 aliphatic rings. The van der Waals surface area contributed by atoms with E-state index in [2.05, 4.69) is 4.72 Å². The van der Waals surface area contributed by atoms with Crippen molar-refractivity contribution in [2.24, 2.45) is 0 Å². The first-order chi connectivity index (χ1) is 9.96. The predicted molar refractivity (Wildman–Crippen MR) is 83.7 cm³/mol. The third kappa shape index (κ3) is 3.59. The van der Waals surface area contributed by atoms with Crippen molar-refractivity contribution in [1.82, 2.24) is 0 Å². The molecule has 114 valence electrons. The molecule has 0 fully saturated rings. The highest BCUT2D eigenvalue weighted by atomic mass is 32.2. The largest absolute Gasteiger partial charge is 0.493 e. The number of benzene rings is 1. The van der Waals surface area contributed by atoms with Gasteiger partial charge in [-0.25, -0.2) is 8.42 Å². The summed E-state index contributed by atoms with van der Waals surface area (Å²) in [6.45, 7) is 2.35. The first-order valence-corrected chi connectivity index (χ1v) is 8.50. The van der Waals surface area contributed by atoms with Crippen molar-refractivity contribution in [3.63, 3.8) is 0 Å². The molecule has 0 aliphatic heterocycles. The van der Waals surface area contributed by atoms with Crippen LogP contribution in [0.4, 0.5) is 11.4 Å². The van der Waals surface area contributed by atoms with Crippen LogP contribution in [0.5, 0.6) is 11.5 Å². The van der Waals surface area contributed by atoms with Crippen LogP contribution in [0.15, 0.2) is 33.9 Å². The summed E-state index contributed by atoms with van der Waals surface area (Å²) in [4.78, 5) is 0. The van der Waals surface area contributed by atoms with Crippen LogP contribution in [0.3, 0.4) is 0 Å². The van der Waals surface area contributed by atoms with Crippen molar-refractivity contribution in [3.05, 3.63) is 29.6 Å². The van der Waals surface area contributed by atoms with E-state index in [9.17, 15) is 8.42 Å². The zero-order chi connectivity index (χ0) is 15.5. The van der Waals surface area contributed by atoms with Crippen LogP contribution in [0.25, 0.3) is 0 Å². The number of ether oxygens (including phenoxy) is 2. The molecule has 0 saturated carbocycles. The van der Waals surface area contributed by atoms with Gasteiger partial charge in [-0.3, -0.25) is 4.72 Å². The van der Waals surface area contributed by atoms with Gasteiger partial charge in [-0.1, -0.05) is 0 Å². The second-order valence-corrected chi connectivity index (χ2v) is 6.92. The minimum Gasteiger partial charge on any atom is -0.493 e. The number of anilines is 2. The summed E-state index contributed by atoms with van der Waals surface area (Å²) in [5.41, 5.74) is 6.36. The van der Waals surface area contributed by atoms with E-state index < -0.39 is 10.0 Å². The van der Waals surface area contributed by atoms with Crippen LogP contribution in [0.2, 0.25) is 0 Å². The molecule has 1 heterocycles. The molecule has 21 heavy (non-hydrogen) atoms. The highest BCUT2D eigenvalue weighted by Gasteiger charge is 2.17. The van der Waals surface area contributed by atoms with Gasteiger partial charge in [-0.2, -0.15) is 0 Å². The summed E-state index contributed by atoms with van der Waals surface area (Å²) < 4.78 is 37.6. The molecule has 0 aliphatic carbocycles. The molecule has 0 saturated heterocycles. The third-order valence-corrected chi connectivity index (χ3v) is 5.42. The van der Waals surface area contributed by atoms with E-state index in [0.717, 1.165) is 11.3 Å². The Morgan fingerprint density at radius 2 is 2.05 bits per heavy atom. The van der Waals surface area contributed by atoms with Gasteiger partial charge >= 0.3 is 0 Å². The molecule has 0 atom stereocenters. The third-order valence-electron chi connectivity index (χ3n) is 2.58. The quantitative estimate of drug-likeness (QED) is 0.850. The molecule has 0 radical (unpaired) electrons. The lowest BCUT2D eigenvalue weighted by molar-refractivity contribution is 0.311. The molecule has 3 N–H and O–H groups in total. The maximum atomic E-state index is 12.2. The highest BCUT2D eigenvalue weighted by molar-refractivity contribution is 7.94. The average molecular weight is 328 g/mol. The van der Waals surface area contributed by atoms with Crippen molar-refractivity contribution in [3.8, 4) is 11.5 Å². The molecule has 0 bridgehead atoms. The van der Waals surface area contributed by atoms with Gasteiger partial charge in [0.25, 0.3) is 10.0 Å². The van der Waals surface area contributed by atoms with Gasteiger partial charge in [0.05, 0.1) is 19.4 Å². The van der Waals surface area contributed by atoms with E-state index in [1.165, 1.54) is 13.2 Å². The van der Waals surface area contributed by atoms with Gasteiger partial charge in [0.1, 0.15) is 4.21 Å². The number of nitrogen functional groups attached to an aromatic ring is 1. The number of rotatable bonds is 6.